The molecule has 0 unspecified atom stereocenters. The second kappa shape index (κ2) is 5.97. The van der Waals surface area contributed by atoms with E-state index in [2.05, 4.69) is 47.4 Å². The van der Waals surface area contributed by atoms with E-state index in [1.165, 1.54) is 5.56 Å². The number of hydrogen-bond donors (Lipinski definition) is 1. The van der Waals surface area contributed by atoms with E-state index in [0.717, 1.165) is 42.4 Å². The first-order valence-corrected chi connectivity index (χ1v) is 6.82. The molecule has 0 spiro atoms. The van der Waals surface area contributed by atoms with E-state index in [1.54, 1.807) is 0 Å². The number of rotatable bonds is 5. The molecule has 0 bridgehead atoms. The molecule has 1 N–H and O–H groups in total. The molecular formula is C15H22N4. The maximum absolute atomic E-state index is 4.58. The highest BCUT2D eigenvalue weighted by atomic mass is 15.3. The van der Waals surface area contributed by atoms with Gasteiger partial charge < -0.3 is 5.32 Å². The minimum atomic E-state index is 0.878. The van der Waals surface area contributed by atoms with Crippen molar-refractivity contribution >= 4 is 0 Å². The summed E-state index contributed by atoms with van der Waals surface area (Å²) in [6.45, 7) is 10.2. The molecule has 0 fully saturated rings. The number of aromatic nitrogens is 3. The Morgan fingerprint density at radius 2 is 1.89 bits per heavy atom. The fraction of sp³-hybridized carbons (Fsp3) is 0.467. The average molecular weight is 258 g/mol. The summed E-state index contributed by atoms with van der Waals surface area (Å²) in [7, 11) is 0. The van der Waals surface area contributed by atoms with Crippen molar-refractivity contribution in [2.45, 2.75) is 40.7 Å². The van der Waals surface area contributed by atoms with Crippen LogP contribution in [0.2, 0.25) is 0 Å². The Labute approximate surface area is 114 Å². The van der Waals surface area contributed by atoms with Gasteiger partial charge in [0.1, 0.15) is 0 Å². The van der Waals surface area contributed by atoms with Gasteiger partial charge in [0.15, 0.2) is 5.82 Å². The Morgan fingerprint density at radius 3 is 2.53 bits per heavy atom. The Hall–Kier alpha value is -1.68. The zero-order chi connectivity index (χ0) is 13.8. The second-order valence-electron chi connectivity index (χ2n) is 4.99. The van der Waals surface area contributed by atoms with Gasteiger partial charge in [-0.3, -0.25) is 0 Å². The molecule has 4 heteroatoms. The molecule has 0 aliphatic rings. The minimum Gasteiger partial charge on any atom is -0.313 e. The van der Waals surface area contributed by atoms with E-state index in [0.29, 0.717) is 0 Å². The molecule has 2 aromatic heterocycles. The summed E-state index contributed by atoms with van der Waals surface area (Å²) < 4.78 is 1.91. The molecule has 0 aromatic carbocycles. The van der Waals surface area contributed by atoms with Gasteiger partial charge in [-0.05, 0) is 57.5 Å². The van der Waals surface area contributed by atoms with Crippen molar-refractivity contribution in [3.8, 4) is 5.82 Å². The third-order valence-electron chi connectivity index (χ3n) is 2.98. The summed E-state index contributed by atoms with van der Waals surface area (Å²) in [6.07, 6.45) is 1.15. The number of aryl methyl sites for hydroxylation is 3. The van der Waals surface area contributed by atoms with Gasteiger partial charge in [0, 0.05) is 17.9 Å². The van der Waals surface area contributed by atoms with Gasteiger partial charge in [-0.25, -0.2) is 9.67 Å². The van der Waals surface area contributed by atoms with Crippen LogP contribution in [0.5, 0.6) is 0 Å². The SMILES string of the molecule is CCCNCc1cc(C)nc(-n2nc(C)cc2C)c1. The standard InChI is InChI=1S/C15H22N4/c1-5-6-16-10-14-8-11(2)17-15(9-14)19-13(4)7-12(3)18-19/h7-9,16H,5-6,10H2,1-4H3. The highest BCUT2D eigenvalue weighted by Crippen LogP contribution is 2.13. The molecule has 0 aliphatic carbocycles. The highest BCUT2D eigenvalue weighted by molar-refractivity contribution is 5.32. The van der Waals surface area contributed by atoms with Gasteiger partial charge in [-0.1, -0.05) is 6.92 Å². The predicted octanol–water partition coefficient (Wildman–Crippen LogP) is 2.69. The molecule has 4 nitrogen and oxygen atoms in total. The van der Waals surface area contributed by atoms with Crippen molar-refractivity contribution in [1.29, 1.82) is 0 Å². The van der Waals surface area contributed by atoms with Crippen LogP contribution in [0.15, 0.2) is 18.2 Å². The van der Waals surface area contributed by atoms with E-state index < -0.39 is 0 Å². The topological polar surface area (TPSA) is 42.7 Å². The van der Waals surface area contributed by atoms with Crippen LogP contribution >= 0.6 is 0 Å². The molecule has 0 amide bonds. The van der Waals surface area contributed by atoms with E-state index in [4.69, 9.17) is 0 Å². The van der Waals surface area contributed by atoms with E-state index in [1.807, 2.05) is 18.5 Å². The largest absolute Gasteiger partial charge is 0.313 e. The predicted molar refractivity (Wildman–Crippen MR) is 77.6 cm³/mol. The number of pyridine rings is 1. The smallest absolute Gasteiger partial charge is 0.154 e. The lowest BCUT2D eigenvalue weighted by Gasteiger charge is -2.09. The van der Waals surface area contributed by atoms with Crippen molar-refractivity contribution in [2.75, 3.05) is 6.54 Å². The van der Waals surface area contributed by atoms with Gasteiger partial charge in [0.25, 0.3) is 0 Å². The quantitative estimate of drug-likeness (QED) is 0.838. The van der Waals surface area contributed by atoms with Gasteiger partial charge in [0.2, 0.25) is 0 Å². The number of nitrogens with one attached hydrogen (secondary N) is 1. The van der Waals surface area contributed by atoms with Crippen molar-refractivity contribution in [3.63, 3.8) is 0 Å². The lowest BCUT2D eigenvalue weighted by atomic mass is 10.2. The van der Waals surface area contributed by atoms with Crippen LogP contribution in [0.4, 0.5) is 0 Å². The summed E-state index contributed by atoms with van der Waals surface area (Å²) in [4.78, 5) is 4.58. The first-order chi connectivity index (χ1) is 9.10. The van der Waals surface area contributed by atoms with Gasteiger partial charge in [-0.15, -0.1) is 0 Å². The Kier molecular flexibility index (Phi) is 4.32. The van der Waals surface area contributed by atoms with E-state index in [-0.39, 0.29) is 0 Å². The molecule has 0 saturated heterocycles. The van der Waals surface area contributed by atoms with Crippen molar-refractivity contribution < 1.29 is 0 Å². The molecular weight excluding hydrogens is 236 g/mol. The van der Waals surface area contributed by atoms with Gasteiger partial charge in [-0.2, -0.15) is 5.10 Å². The van der Waals surface area contributed by atoms with Crippen LogP contribution in [0.3, 0.4) is 0 Å². The summed E-state index contributed by atoms with van der Waals surface area (Å²) in [5, 5.41) is 7.91. The molecule has 2 rings (SSSR count). The van der Waals surface area contributed by atoms with Crippen LogP contribution in [-0.4, -0.2) is 21.3 Å². The molecule has 102 valence electrons. The Morgan fingerprint density at radius 1 is 1.11 bits per heavy atom. The lowest BCUT2D eigenvalue weighted by molar-refractivity contribution is 0.672. The first kappa shape index (κ1) is 13.7. The van der Waals surface area contributed by atoms with E-state index >= 15 is 0 Å². The molecule has 0 radical (unpaired) electrons. The maximum Gasteiger partial charge on any atom is 0.154 e. The number of nitrogens with zero attached hydrogens (tertiary/aromatic N) is 3. The molecule has 0 atom stereocenters. The Balaban J connectivity index is 2.28. The second-order valence-corrected chi connectivity index (χ2v) is 4.99. The van der Waals surface area contributed by atoms with Crippen molar-refractivity contribution in [2.24, 2.45) is 0 Å². The highest BCUT2D eigenvalue weighted by Gasteiger charge is 2.07. The summed E-state index contributed by atoms with van der Waals surface area (Å²) in [6, 6.07) is 6.30. The van der Waals surface area contributed by atoms with Crippen LogP contribution in [0.1, 0.15) is 36.0 Å². The summed E-state index contributed by atoms with van der Waals surface area (Å²) >= 11 is 0. The summed E-state index contributed by atoms with van der Waals surface area (Å²) in [5.74, 6) is 0.902. The summed E-state index contributed by atoms with van der Waals surface area (Å²) in [5.41, 5.74) is 4.41. The monoisotopic (exact) mass is 258 g/mol. The molecule has 0 aliphatic heterocycles. The molecule has 2 heterocycles. The zero-order valence-electron chi connectivity index (χ0n) is 12.2. The van der Waals surface area contributed by atoms with Crippen LogP contribution in [0, 0.1) is 20.8 Å². The Bertz CT molecular complexity index is 557. The van der Waals surface area contributed by atoms with Crippen LogP contribution in [0.25, 0.3) is 5.82 Å². The van der Waals surface area contributed by atoms with Gasteiger partial charge in [0.05, 0.1) is 5.69 Å². The van der Waals surface area contributed by atoms with Crippen molar-refractivity contribution in [1.82, 2.24) is 20.1 Å². The van der Waals surface area contributed by atoms with Crippen LogP contribution < -0.4 is 5.32 Å². The molecule has 0 saturated carbocycles. The first-order valence-electron chi connectivity index (χ1n) is 6.82. The van der Waals surface area contributed by atoms with E-state index in [9.17, 15) is 0 Å². The van der Waals surface area contributed by atoms with Crippen molar-refractivity contribution in [3.05, 3.63) is 40.8 Å². The normalized spacial score (nSPS) is 10.9. The third kappa shape index (κ3) is 3.41. The van der Waals surface area contributed by atoms with Crippen LogP contribution in [-0.2, 0) is 6.54 Å². The molecule has 2 aromatic rings. The fourth-order valence-electron chi connectivity index (χ4n) is 2.20. The maximum atomic E-state index is 4.58. The molecule has 19 heavy (non-hydrogen) atoms. The van der Waals surface area contributed by atoms with Gasteiger partial charge >= 0.3 is 0 Å². The minimum absolute atomic E-state index is 0.878. The fourth-order valence-corrected chi connectivity index (χ4v) is 2.20. The third-order valence-corrected chi connectivity index (χ3v) is 2.98. The average Bonchev–Trinajstić information content (AvgIpc) is 2.68. The number of hydrogen-bond acceptors (Lipinski definition) is 3. The lowest BCUT2D eigenvalue weighted by Crippen LogP contribution is -2.14. The zero-order valence-corrected chi connectivity index (χ0v) is 12.2.